The SMILES string of the molecule is CN1/C(=C/C=C/c2cc(C(C)(C)C)cc(C(C)(C)C)[n+]2C)C(C)(C)c2ccccc21. The Morgan fingerprint density at radius 3 is 2.13 bits per heavy atom. The molecular weight excluding hydrogens is 364 g/mol. The van der Waals surface area contributed by atoms with Crippen LogP contribution in [0.15, 0.2) is 54.2 Å². The summed E-state index contributed by atoms with van der Waals surface area (Å²) in [6.07, 6.45) is 6.75. The van der Waals surface area contributed by atoms with Gasteiger partial charge in [0.2, 0.25) is 5.69 Å². The third-order valence-corrected chi connectivity index (χ3v) is 6.44. The monoisotopic (exact) mass is 403 g/mol. The molecule has 0 amide bonds. The zero-order chi connectivity index (χ0) is 22.5. The van der Waals surface area contributed by atoms with Crippen LogP contribution in [0.5, 0.6) is 0 Å². The van der Waals surface area contributed by atoms with E-state index in [1.165, 1.54) is 33.9 Å². The zero-order valence-electron chi connectivity index (χ0n) is 20.6. The van der Waals surface area contributed by atoms with Gasteiger partial charge in [0, 0.05) is 47.5 Å². The number of hydrogen-bond donors (Lipinski definition) is 0. The molecule has 2 nitrogen and oxygen atoms in total. The van der Waals surface area contributed by atoms with E-state index in [1.54, 1.807) is 0 Å². The number of pyridine rings is 1. The molecular formula is C28H39N2+. The van der Waals surface area contributed by atoms with E-state index in [0.717, 1.165) is 0 Å². The molecule has 0 fully saturated rings. The van der Waals surface area contributed by atoms with Crippen molar-refractivity contribution in [2.75, 3.05) is 11.9 Å². The van der Waals surface area contributed by atoms with Crippen molar-refractivity contribution in [3.63, 3.8) is 0 Å². The Hall–Kier alpha value is -2.35. The maximum absolute atomic E-state index is 2.38. The first-order valence-electron chi connectivity index (χ1n) is 11.0. The van der Waals surface area contributed by atoms with Crippen LogP contribution in [0.2, 0.25) is 0 Å². The highest BCUT2D eigenvalue weighted by molar-refractivity contribution is 5.70. The second kappa shape index (κ2) is 7.41. The second-order valence-electron chi connectivity index (χ2n) is 11.2. The van der Waals surface area contributed by atoms with Crippen LogP contribution >= 0.6 is 0 Å². The molecule has 0 saturated carbocycles. The van der Waals surface area contributed by atoms with Gasteiger partial charge in [-0.25, -0.2) is 0 Å². The van der Waals surface area contributed by atoms with Gasteiger partial charge >= 0.3 is 0 Å². The van der Waals surface area contributed by atoms with E-state index in [-0.39, 0.29) is 16.2 Å². The van der Waals surface area contributed by atoms with Crippen LogP contribution in [0.1, 0.15) is 77.9 Å². The molecule has 0 spiro atoms. The van der Waals surface area contributed by atoms with E-state index in [0.29, 0.717) is 0 Å². The number of allylic oxidation sites excluding steroid dienone is 3. The molecule has 160 valence electrons. The van der Waals surface area contributed by atoms with Gasteiger partial charge in [0.25, 0.3) is 0 Å². The number of rotatable bonds is 2. The molecule has 3 rings (SSSR count). The van der Waals surface area contributed by atoms with E-state index in [2.05, 4.69) is 134 Å². The van der Waals surface area contributed by atoms with Crippen molar-refractivity contribution in [1.29, 1.82) is 0 Å². The van der Waals surface area contributed by atoms with Gasteiger partial charge in [-0.15, -0.1) is 0 Å². The molecule has 1 aromatic heterocycles. The van der Waals surface area contributed by atoms with Crippen molar-refractivity contribution in [1.82, 2.24) is 0 Å². The minimum Gasteiger partial charge on any atom is -0.347 e. The van der Waals surface area contributed by atoms with Crippen LogP contribution in [0.3, 0.4) is 0 Å². The third kappa shape index (κ3) is 3.97. The Bertz CT molecular complexity index is 1010. The number of anilines is 1. The lowest BCUT2D eigenvalue weighted by molar-refractivity contribution is -0.684. The quantitative estimate of drug-likeness (QED) is 0.524. The normalized spacial score (nSPS) is 17.8. The number of likely N-dealkylation sites (N-methyl/N-ethyl adjacent to an activating group) is 1. The fourth-order valence-electron chi connectivity index (χ4n) is 4.53. The van der Waals surface area contributed by atoms with E-state index in [4.69, 9.17) is 0 Å². The number of fused-ring (bicyclic) bond motifs is 1. The molecule has 0 bridgehead atoms. The van der Waals surface area contributed by atoms with E-state index in [1.807, 2.05) is 0 Å². The lowest BCUT2D eigenvalue weighted by Crippen LogP contribution is -2.43. The fraction of sp³-hybridized carbons (Fsp3) is 0.464. The Morgan fingerprint density at radius 2 is 1.57 bits per heavy atom. The first-order chi connectivity index (χ1) is 13.7. The zero-order valence-corrected chi connectivity index (χ0v) is 20.6. The number of para-hydroxylation sites is 1. The van der Waals surface area contributed by atoms with Crippen LogP contribution in [-0.2, 0) is 23.3 Å². The Balaban J connectivity index is 2.05. The molecule has 0 aliphatic carbocycles. The number of aromatic nitrogens is 1. The summed E-state index contributed by atoms with van der Waals surface area (Å²) in [7, 11) is 4.35. The predicted molar refractivity (Wildman–Crippen MR) is 130 cm³/mol. The molecule has 2 heterocycles. The van der Waals surface area contributed by atoms with Gasteiger partial charge in [0.1, 0.15) is 7.05 Å². The maximum Gasteiger partial charge on any atom is 0.205 e. The highest BCUT2D eigenvalue weighted by atomic mass is 15.2. The molecule has 2 heteroatoms. The first-order valence-corrected chi connectivity index (χ1v) is 11.0. The van der Waals surface area contributed by atoms with Crippen LogP contribution in [0.4, 0.5) is 5.69 Å². The summed E-state index contributed by atoms with van der Waals surface area (Å²) in [5, 5.41) is 0. The molecule has 1 aromatic carbocycles. The van der Waals surface area contributed by atoms with Gasteiger partial charge in [-0.1, -0.05) is 79.7 Å². The molecule has 1 aliphatic heterocycles. The van der Waals surface area contributed by atoms with E-state index in [9.17, 15) is 0 Å². The number of nitrogens with zero attached hydrogens (tertiary/aromatic N) is 2. The van der Waals surface area contributed by atoms with Gasteiger partial charge < -0.3 is 4.90 Å². The molecule has 1 aliphatic rings. The van der Waals surface area contributed by atoms with Gasteiger partial charge in [-0.3, -0.25) is 0 Å². The van der Waals surface area contributed by atoms with Crippen LogP contribution < -0.4 is 9.47 Å². The molecule has 0 unspecified atom stereocenters. The minimum atomic E-state index is 0.00169. The summed E-state index contributed by atoms with van der Waals surface area (Å²) in [6, 6.07) is 13.4. The van der Waals surface area contributed by atoms with Crippen molar-refractivity contribution < 1.29 is 4.57 Å². The number of benzene rings is 1. The third-order valence-electron chi connectivity index (χ3n) is 6.44. The summed E-state index contributed by atoms with van der Waals surface area (Å²) >= 11 is 0. The average molecular weight is 404 g/mol. The fourth-order valence-corrected chi connectivity index (χ4v) is 4.53. The molecule has 0 radical (unpaired) electrons. The standard InChI is InChI=1S/C28H39N2/c1-26(2,3)20-18-21(29(9)25(19-20)27(4,5)6)14-13-17-24-28(7,8)22-15-11-12-16-23(22)30(24)10/h11-19H,1-10H3/q+1. The van der Waals surface area contributed by atoms with E-state index >= 15 is 0 Å². The second-order valence-corrected chi connectivity index (χ2v) is 11.2. The Morgan fingerprint density at radius 1 is 0.933 bits per heavy atom. The van der Waals surface area contributed by atoms with Crippen molar-refractivity contribution in [2.45, 2.75) is 71.6 Å². The maximum atomic E-state index is 2.38. The molecule has 0 N–H and O–H groups in total. The van der Waals surface area contributed by atoms with Gasteiger partial charge in [-0.05, 0) is 28.7 Å². The minimum absolute atomic E-state index is 0.00169. The lowest BCUT2D eigenvalue weighted by Gasteiger charge is -2.24. The van der Waals surface area contributed by atoms with Gasteiger partial charge in [0.05, 0.1) is 0 Å². The molecule has 0 atom stereocenters. The average Bonchev–Trinajstić information content (AvgIpc) is 2.82. The largest absolute Gasteiger partial charge is 0.347 e. The topological polar surface area (TPSA) is 7.12 Å². The van der Waals surface area contributed by atoms with E-state index < -0.39 is 0 Å². The van der Waals surface area contributed by atoms with Crippen LogP contribution in [0, 0.1) is 0 Å². The number of hydrogen-bond acceptors (Lipinski definition) is 1. The molecule has 2 aromatic rings. The Labute approximate surface area is 183 Å². The first kappa shape index (κ1) is 22.3. The summed E-state index contributed by atoms with van der Waals surface area (Å²) in [5.74, 6) is 0. The highest BCUT2D eigenvalue weighted by Gasteiger charge is 2.37. The highest BCUT2D eigenvalue weighted by Crippen LogP contribution is 2.46. The van der Waals surface area contributed by atoms with Crippen LogP contribution in [0.25, 0.3) is 6.08 Å². The van der Waals surface area contributed by atoms with Crippen molar-refractivity contribution in [3.8, 4) is 0 Å². The van der Waals surface area contributed by atoms with Gasteiger partial charge in [-0.2, -0.15) is 4.57 Å². The van der Waals surface area contributed by atoms with Crippen LogP contribution in [-0.4, -0.2) is 7.05 Å². The summed E-state index contributed by atoms with van der Waals surface area (Å²) in [4.78, 5) is 2.33. The van der Waals surface area contributed by atoms with Crippen molar-refractivity contribution >= 4 is 11.8 Å². The summed E-state index contributed by atoms with van der Waals surface area (Å²) in [5.41, 5.74) is 8.20. The van der Waals surface area contributed by atoms with Gasteiger partial charge in [0.15, 0.2) is 5.69 Å². The summed E-state index contributed by atoms with van der Waals surface area (Å²) < 4.78 is 2.34. The molecule has 0 saturated heterocycles. The Kier molecular flexibility index (Phi) is 5.52. The van der Waals surface area contributed by atoms with Crippen molar-refractivity contribution in [2.24, 2.45) is 7.05 Å². The lowest BCUT2D eigenvalue weighted by atomic mass is 9.82. The molecule has 30 heavy (non-hydrogen) atoms. The predicted octanol–water partition coefficient (Wildman–Crippen LogP) is 6.43. The smallest absolute Gasteiger partial charge is 0.205 e. The summed E-state index contributed by atoms with van der Waals surface area (Å²) in [6.45, 7) is 18.4. The van der Waals surface area contributed by atoms with Crippen molar-refractivity contribution in [3.05, 3.63) is 76.8 Å².